The van der Waals surface area contributed by atoms with E-state index in [1.807, 2.05) is 0 Å². The summed E-state index contributed by atoms with van der Waals surface area (Å²) in [5.74, 6) is -0.860. The average Bonchev–Trinajstić information content (AvgIpc) is 3.19. The number of fused-ring (bicyclic) bond motifs is 1. The molecule has 0 bridgehead atoms. The van der Waals surface area contributed by atoms with Crippen molar-refractivity contribution in [3.63, 3.8) is 0 Å². The first-order chi connectivity index (χ1) is 16.7. The monoisotopic (exact) mass is 548 g/mol. The molecule has 178 valence electrons. The second-order valence-corrected chi connectivity index (χ2v) is 11.1. The van der Waals surface area contributed by atoms with E-state index in [4.69, 9.17) is 34.8 Å². The van der Waals surface area contributed by atoms with Gasteiger partial charge in [0.05, 0.1) is 12.1 Å². The number of anilines is 1. The van der Waals surface area contributed by atoms with Crippen LogP contribution >= 0.6 is 34.8 Å². The minimum absolute atomic E-state index is 0.0620. The van der Waals surface area contributed by atoms with Gasteiger partial charge in [0.25, 0.3) is 15.6 Å². The van der Waals surface area contributed by atoms with E-state index >= 15 is 0 Å². The van der Waals surface area contributed by atoms with E-state index in [0.717, 1.165) is 16.4 Å². The number of rotatable bonds is 4. The molecule has 0 fully saturated rings. The molecule has 2 atom stereocenters. The SMILES string of the molecule is O=c1cccc2n1C(c1ccc(Cl)cc1)C(c1ccc(Cl)cc1)N2S(=O)(=O)c1cc(Cl)ccc1F. The average molecular weight is 550 g/mol. The van der Waals surface area contributed by atoms with Crippen molar-refractivity contribution in [3.8, 4) is 0 Å². The highest BCUT2D eigenvalue weighted by atomic mass is 35.5. The summed E-state index contributed by atoms with van der Waals surface area (Å²) >= 11 is 18.2. The first kappa shape index (κ1) is 23.9. The van der Waals surface area contributed by atoms with E-state index in [0.29, 0.717) is 21.2 Å². The van der Waals surface area contributed by atoms with E-state index in [1.165, 1.54) is 28.8 Å². The van der Waals surface area contributed by atoms with Crippen LogP contribution < -0.4 is 9.86 Å². The van der Waals surface area contributed by atoms with Crippen LogP contribution in [0.2, 0.25) is 15.1 Å². The number of halogens is 4. The maximum atomic E-state index is 14.9. The van der Waals surface area contributed by atoms with Gasteiger partial charge >= 0.3 is 0 Å². The molecule has 0 spiro atoms. The summed E-state index contributed by atoms with van der Waals surface area (Å²) in [6.07, 6.45) is 0. The van der Waals surface area contributed by atoms with Gasteiger partial charge in [0.2, 0.25) is 0 Å². The van der Waals surface area contributed by atoms with Crippen molar-refractivity contribution in [3.05, 3.63) is 127 Å². The molecule has 5 rings (SSSR count). The predicted molar refractivity (Wildman–Crippen MR) is 136 cm³/mol. The molecule has 0 saturated carbocycles. The van der Waals surface area contributed by atoms with Crippen LogP contribution in [0.3, 0.4) is 0 Å². The van der Waals surface area contributed by atoms with Crippen molar-refractivity contribution in [2.24, 2.45) is 0 Å². The summed E-state index contributed by atoms with van der Waals surface area (Å²) in [5.41, 5.74) is 0.794. The number of aromatic nitrogens is 1. The van der Waals surface area contributed by atoms with E-state index in [-0.39, 0.29) is 10.8 Å². The van der Waals surface area contributed by atoms with Crippen LogP contribution in [0.4, 0.5) is 10.2 Å². The number of pyridine rings is 1. The Morgan fingerprint density at radius 1 is 0.714 bits per heavy atom. The van der Waals surface area contributed by atoms with Crippen LogP contribution in [0.5, 0.6) is 0 Å². The Hall–Kier alpha value is -2.84. The zero-order valence-corrected chi connectivity index (χ0v) is 20.9. The Morgan fingerprint density at radius 2 is 1.26 bits per heavy atom. The van der Waals surface area contributed by atoms with Gasteiger partial charge in [-0.3, -0.25) is 9.36 Å². The quantitative estimate of drug-likeness (QED) is 0.292. The maximum absolute atomic E-state index is 14.9. The third-order valence-electron chi connectivity index (χ3n) is 5.88. The predicted octanol–water partition coefficient (Wildman–Crippen LogP) is 6.49. The van der Waals surface area contributed by atoms with Crippen LogP contribution in [0, 0.1) is 5.82 Å². The fourth-order valence-electron chi connectivity index (χ4n) is 4.38. The molecular weight excluding hydrogens is 534 g/mol. The van der Waals surface area contributed by atoms with E-state index < -0.39 is 38.4 Å². The molecule has 1 aliphatic heterocycles. The van der Waals surface area contributed by atoms with E-state index in [1.54, 1.807) is 48.5 Å². The highest BCUT2D eigenvalue weighted by molar-refractivity contribution is 7.92. The van der Waals surface area contributed by atoms with E-state index in [9.17, 15) is 17.6 Å². The molecule has 0 amide bonds. The fourth-order valence-corrected chi connectivity index (χ4v) is 6.61. The molecule has 2 heterocycles. The summed E-state index contributed by atoms with van der Waals surface area (Å²) in [7, 11) is -4.52. The van der Waals surface area contributed by atoms with Gasteiger partial charge in [0.1, 0.15) is 16.5 Å². The fraction of sp³-hybridized carbons (Fsp3) is 0.0800. The smallest absolute Gasteiger partial charge is 0.269 e. The molecule has 10 heteroatoms. The molecule has 2 unspecified atom stereocenters. The highest BCUT2D eigenvalue weighted by Crippen LogP contribution is 2.49. The second kappa shape index (κ2) is 8.99. The Labute approximate surface area is 216 Å². The minimum Gasteiger partial charge on any atom is -0.284 e. The molecule has 4 aromatic rings. The molecule has 0 radical (unpaired) electrons. The van der Waals surface area contributed by atoms with Crippen LogP contribution in [-0.4, -0.2) is 13.0 Å². The van der Waals surface area contributed by atoms with Crippen LogP contribution in [-0.2, 0) is 10.0 Å². The molecule has 3 aromatic carbocycles. The summed E-state index contributed by atoms with van der Waals surface area (Å²) in [6, 6.07) is 19.4. The Kier molecular flexibility index (Phi) is 6.13. The van der Waals surface area contributed by atoms with E-state index in [2.05, 4.69) is 0 Å². The Morgan fingerprint density at radius 3 is 1.86 bits per heavy atom. The van der Waals surface area contributed by atoms with Crippen molar-refractivity contribution in [2.75, 3.05) is 4.31 Å². The largest absolute Gasteiger partial charge is 0.284 e. The first-order valence-electron chi connectivity index (χ1n) is 10.4. The second-order valence-electron chi connectivity index (χ2n) is 7.96. The van der Waals surface area contributed by atoms with Crippen molar-refractivity contribution < 1.29 is 12.8 Å². The summed E-state index contributed by atoms with van der Waals surface area (Å²) in [4.78, 5) is 12.5. The molecule has 5 nitrogen and oxygen atoms in total. The van der Waals surface area contributed by atoms with Gasteiger partial charge in [-0.2, -0.15) is 0 Å². The van der Waals surface area contributed by atoms with Crippen LogP contribution in [0.25, 0.3) is 0 Å². The Bertz CT molecular complexity index is 1590. The van der Waals surface area contributed by atoms with Crippen molar-refractivity contribution >= 4 is 50.6 Å². The summed E-state index contributed by atoms with van der Waals surface area (Å²) < 4.78 is 45.4. The normalized spacial score (nSPS) is 17.4. The van der Waals surface area contributed by atoms with Gasteiger partial charge in [0, 0.05) is 21.1 Å². The minimum atomic E-state index is -4.52. The Balaban J connectivity index is 1.83. The number of hydrogen-bond acceptors (Lipinski definition) is 3. The van der Waals surface area contributed by atoms with Gasteiger partial charge in [-0.25, -0.2) is 17.1 Å². The highest BCUT2D eigenvalue weighted by Gasteiger charge is 2.47. The lowest BCUT2D eigenvalue weighted by atomic mass is 9.94. The molecule has 1 aliphatic rings. The number of benzene rings is 3. The molecule has 0 saturated heterocycles. The molecule has 35 heavy (non-hydrogen) atoms. The summed E-state index contributed by atoms with van der Waals surface area (Å²) in [5, 5.41) is 1.01. The molecular formula is C25H16Cl3FN2O3S. The van der Waals surface area contributed by atoms with Gasteiger partial charge in [-0.05, 0) is 59.7 Å². The lowest BCUT2D eigenvalue weighted by Crippen LogP contribution is -2.34. The van der Waals surface area contributed by atoms with Gasteiger partial charge < -0.3 is 0 Å². The summed E-state index contributed by atoms with van der Waals surface area (Å²) in [6.45, 7) is 0. The standard InChI is InChI=1S/C25H16Cl3FN2O3S/c26-17-8-4-15(5-9-17)24-25(16-6-10-18(27)11-7-16)31(22-2-1-3-23(32)30(22)24)35(33,34)21-14-19(28)12-13-20(21)29/h1-14,24-25H. The van der Waals surface area contributed by atoms with Crippen molar-refractivity contribution in [1.82, 2.24) is 4.57 Å². The zero-order chi connectivity index (χ0) is 24.9. The first-order valence-corrected chi connectivity index (χ1v) is 13.0. The lowest BCUT2D eigenvalue weighted by molar-refractivity contribution is 0.525. The maximum Gasteiger partial charge on any atom is 0.269 e. The topological polar surface area (TPSA) is 59.4 Å². The molecule has 0 aliphatic carbocycles. The van der Waals surface area contributed by atoms with Gasteiger partial charge in [-0.1, -0.05) is 65.1 Å². The van der Waals surface area contributed by atoms with Crippen molar-refractivity contribution in [2.45, 2.75) is 17.0 Å². The van der Waals surface area contributed by atoms with Crippen molar-refractivity contribution in [1.29, 1.82) is 0 Å². The van der Waals surface area contributed by atoms with Gasteiger partial charge in [0.15, 0.2) is 0 Å². The number of nitrogens with zero attached hydrogens (tertiary/aromatic N) is 2. The number of sulfonamides is 1. The van der Waals surface area contributed by atoms with Crippen LogP contribution in [0.1, 0.15) is 23.2 Å². The third-order valence-corrected chi connectivity index (χ3v) is 8.42. The third kappa shape index (κ3) is 4.12. The zero-order valence-electron chi connectivity index (χ0n) is 17.8. The number of hydrogen-bond donors (Lipinski definition) is 0. The van der Waals surface area contributed by atoms with Crippen LogP contribution in [0.15, 0.2) is 94.6 Å². The molecule has 0 N–H and O–H groups in total. The molecule has 1 aromatic heterocycles. The van der Waals surface area contributed by atoms with Gasteiger partial charge in [-0.15, -0.1) is 0 Å². The lowest BCUT2D eigenvalue weighted by Gasteiger charge is -2.29.